The van der Waals surface area contributed by atoms with E-state index >= 15 is 0 Å². The maximum atomic E-state index is 12.1. The third-order valence-corrected chi connectivity index (χ3v) is 4.73. The average Bonchev–Trinajstić information content (AvgIpc) is 3.01. The second kappa shape index (κ2) is 5.51. The van der Waals surface area contributed by atoms with E-state index in [2.05, 4.69) is 20.1 Å². The van der Waals surface area contributed by atoms with Gasteiger partial charge in [0.15, 0.2) is 5.82 Å². The lowest BCUT2D eigenvalue weighted by molar-refractivity contribution is -0.117. The van der Waals surface area contributed by atoms with E-state index in [1.54, 1.807) is 49.1 Å². The van der Waals surface area contributed by atoms with Crippen LogP contribution in [0.1, 0.15) is 12.5 Å². The Hall–Kier alpha value is -2.68. The highest BCUT2D eigenvalue weighted by Gasteiger charge is 2.31. The first-order valence-electron chi connectivity index (χ1n) is 6.87. The Bertz CT molecular complexity index is 901. The minimum Gasteiger partial charge on any atom is -0.307 e. The van der Waals surface area contributed by atoms with Crippen LogP contribution in [0.15, 0.2) is 46.4 Å². The highest BCUT2D eigenvalue weighted by atomic mass is 32.2. The molecule has 1 aliphatic rings. The zero-order valence-corrected chi connectivity index (χ0v) is 13.3. The Kier molecular flexibility index (Phi) is 3.64. The van der Waals surface area contributed by atoms with Crippen molar-refractivity contribution in [1.82, 2.24) is 14.5 Å². The number of hydrogen-bond donors (Lipinski definition) is 2. The third kappa shape index (κ3) is 2.95. The Morgan fingerprint density at radius 2 is 2.09 bits per heavy atom. The number of aryl methyl sites for hydroxylation is 1. The van der Waals surface area contributed by atoms with Crippen molar-refractivity contribution in [2.75, 3.05) is 5.32 Å². The molecule has 3 rings (SSSR count). The molecule has 120 valence electrons. The van der Waals surface area contributed by atoms with Crippen molar-refractivity contribution in [2.45, 2.75) is 17.9 Å². The van der Waals surface area contributed by atoms with E-state index in [1.165, 1.54) is 6.07 Å². The summed E-state index contributed by atoms with van der Waals surface area (Å²) in [7, 11) is -1.87. The molecule has 1 aromatic heterocycles. The fourth-order valence-electron chi connectivity index (χ4n) is 2.19. The molecule has 0 unspecified atom stereocenters. The van der Waals surface area contributed by atoms with Gasteiger partial charge >= 0.3 is 0 Å². The van der Waals surface area contributed by atoms with Crippen LogP contribution in [0.3, 0.4) is 0 Å². The van der Waals surface area contributed by atoms with E-state index in [4.69, 9.17) is 0 Å². The number of benzene rings is 1. The summed E-state index contributed by atoms with van der Waals surface area (Å²) < 4.78 is 27.9. The molecule has 0 radical (unpaired) electrons. The number of amides is 1. The van der Waals surface area contributed by atoms with E-state index in [1.807, 2.05) is 0 Å². The summed E-state index contributed by atoms with van der Waals surface area (Å²) in [5.74, 6) is 0.209. The van der Waals surface area contributed by atoms with E-state index in [0.29, 0.717) is 11.4 Å². The second-order valence-corrected chi connectivity index (χ2v) is 6.77. The lowest BCUT2D eigenvalue weighted by Gasteiger charge is -2.07. The van der Waals surface area contributed by atoms with E-state index in [-0.39, 0.29) is 16.6 Å². The summed E-state index contributed by atoms with van der Waals surface area (Å²) in [4.78, 5) is 16.5. The first-order chi connectivity index (χ1) is 10.9. The summed E-state index contributed by atoms with van der Waals surface area (Å²) in [5, 5.41) is 6.67. The van der Waals surface area contributed by atoms with Crippen LogP contribution in [0.5, 0.6) is 0 Å². The molecule has 0 fully saturated rings. The van der Waals surface area contributed by atoms with E-state index in [9.17, 15) is 13.2 Å². The van der Waals surface area contributed by atoms with Crippen LogP contribution in [0.4, 0.5) is 5.82 Å². The summed E-state index contributed by atoms with van der Waals surface area (Å²) in [6.45, 7) is 1.58. The van der Waals surface area contributed by atoms with Gasteiger partial charge in [-0.25, -0.2) is 8.42 Å². The molecule has 0 saturated heterocycles. The summed E-state index contributed by atoms with van der Waals surface area (Å²) >= 11 is 0. The van der Waals surface area contributed by atoms with Gasteiger partial charge in [-0.05, 0) is 19.1 Å². The maximum absolute atomic E-state index is 12.1. The number of fused-ring (bicyclic) bond motifs is 1. The van der Waals surface area contributed by atoms with E-state index < -0.39 is 16.1 Å². The van der Waals surface area contributed by atoms with Gasteiger partial charge in [-0.2, -0.15) is 5.10 Å². The normalized spacial score (nSPS) is 18.3. The van der Waals surface area contributed by atoms with Gasteiger partial charge in [0.2, 0.25) is 5.91 Å². The van der Waals surface area contributed by atoms with Gasteiger partial charge in [0.05, 0.1) is 4.90 Å². The van der Waals surface area contributed by atoms with Crippen molar-refractivity contribution < 1.29 is 13.2 Å². The number of aliphatic imine (C=N–C) groups is 1. The SMILES string of the molecule is C[C@@H](N=C1NS(=O)(=O)c2ccccc21)C(=O)Nc1ccn(C)n1. The molecular formula is C14H15N5O3S. The van der Waals surface area contributed by atoms with Gasteiger partial charge in [0.25, 0.3) is 10.0 Å². The van der Waals surface area contributed by atoms with Crippen LogP contribution in [-0.4, -0.2) is 36.0 Å². The lowest BCUT2D eigenvalue weighted by atomic mass is 10.2. The molecule has 1 atom stereocenters. The lowest BCUT2D eigenvalue weighted by Crippen LogP contribution is -2.29. The first-order valence-corrected chi connectivity index (χ1v) is 8.36. The van der Waals surface area contributed by atoms with Crippen molar-refractivity contribution >= 4 is 27.6 Å². The average molecular weight is 333 g/mol. The van der Waals surface area contributed by atoms with Crippen molar-refractivity contribution in [3.63, 3.8) is 0 Å². The summed E-state index contributed by atoms with van der Waals surface area (Å²) in [5.41, 5.74) is 0.463. The molecule has 0 saturated carbocycles. The van der Waals surface area contributed by atoms with Crippen LogP contribution < -0.4 is 10.0 Å². The number of carbonyl (C=O) groups excluding carboxylic acids is 1. The number of nitrogens with zero attached hydrogens (tertiary/aromatic N) is 3. The van der Waals surface area contributed by atoms with Crippen LogP contribution in [-0.2, 0) is 21.9 Å². The molecule has 2 aromatic rings. The Morgan fingerprint density at radius 3 is 2.78 bits per heavy atom. The van der Waals surface area contributed by atoms with Gasteiger partial charge in [-0.3, -0.25) is 19.2 Å². The fourth-order valence-corrected chi connectivity index (χ4v) is 3.43. The highest BCUT2D eigenvalue weighted by molar-refractivity contribution is 7.90. The molecule has 0 aliphatic carbocycles. The first kappa shape index (κ1) is 15.2. The number of rotatable bonds is 3. The standard InChI is InChI=1S/C14H15N5O3S/c1-9(14(20)16-12-7-8-19(2)17-12)15-13-10-5-3-4-6-11(10)23(21,22)18-13/h3-9H,1-2H3,(H,15,18)(H,16,17,20)/t9-/m1/s1. The number of nitrogens with one attached hydrogen (secondary N) is 2. The topological polar surface area (TPSA) is 105 Å². The number of aromatic nitrogens is 2. The Labute approximate surface area is 133 Å². The molecule has 1 aromatic carbocycles. The third-order valence-electron chi connectivity index (χ3n) is 3.33. The largest absolute Gasteiger partial charge is 0.307 e. The number of hydrogen-bond acceptors (Lipinski definition) is 5. The van der Waals surface area contributed by atoms with Gasteiger partial charge < -0.3 is 5.32 Å². The Morgan fingerprint density at radius 1 is 1.35 bits per heavy atom. The molecule has 0 spiro atoms. The van der Waals surface area contributed by atoms with Gasteiger partial charge in [-0.15, -0.1) is 0 Å². The Balaban J connectivity index is 1.83. The number of carbonyl (C=O) groups is 1. The number of sulfonamides is 1. The predicted molar refractivity (Wildman–Crippen MR) is 84.6 cm³/mol. The van der Waals surface area contributed by atoms with Gasteiger partial charge in [0.1, 0.15) is 11.9 Å². The van der Waals surface area contributed by atoms with Crippen molar-refractivity contribution in [2.24, 2.45) is 12.0 Å². The minimum atomic E-state index is -3.61. The van der Waals surface area contributed by atoms with Crippen LogP contribution in [0.25, 0.3) is 0 Å². The zero-order chi connectivity index (χ0) is 16.6. The summed E-state index contributed by atoms with van der Waals surface area (Å²) in [6.07, 6.45) is 1.70. The van der Waals surface area contributed by atoms with Crippen molar-refractivity contribution in [3.05, 3.63) is 42.1 Å². The van der Waals surface area contributed by atoms with Gasteiger partial charge in [0, 0.05) is 24.9 Å². The van der Waals surface area contributed by atoms with Crippen LogP contribution in [0, 0.1) is 0 Å². The molecule has 23 heavy (non-hydrogen) atoms. The van der Waals surface area contributed by atoms with Crippen molar-refractivity contribution in [3.8, 4) is 0 Å². The number of anilines is 1. The number of amidine groups is 1. The predicted octanol–water partition coefficient (Wildman–Crippen LogP) is 0.486. The molecule has 2 N–H and O–H groups in total. The molecule has 8 nitrogen and oxygen atoms in total. The molecule has 0 bridgehead atoms. The smallest absolute Gasteiger partial charge is 0.263 e. The van der Waals surface area contributed by atoms with Crippen molar-refractivity contribution in [1.29, 1.82) is 0 Å². The fraction of sp³-hybridized carbons (Fsp3) is 0.214. The summed E-state index contributed by atoms with van der Waals surface area (Å²) in [6, 6.07) is 7.38. The molecular weight excluding hydrogens is 318 g/mol. The molecule has 1 amide bonds. The zero-order valence-electron chi connectivity index (χ0n) is 12.5. The van der Waals surface area contributed by atoms with E-state index in [0.717, 1.165) is 0 Å². The molecule has 9 heteroatoms. The quantitative estimate of drug-likeness (QED) is 0.852. The highest BCUT2D eigenvalue weighted by Crippen LogP contribution is 2.22. The van der Waals surface area contributed by atoms with Crippen LogP contribution >= 0.6 is 0 Å². The maximum Gasteiger partial charge on any atom is 0.263 e. The molecule has 2 heterocycles. The molecule has 1 aliphatic heterocycles. The second-order valence-electron chi connectivity index (χ2n) is 5.12. The minimum absolute atomic E-state index is 0.163. The van der Waals surface area contributed by atoms with Gasteiger partial charge in [-0.1, -0.05) is 12.1 Å². The van der Waals surface area contributed by atoms with Crippen LogP contribution in [0.2, 0.25) is 0 Å². The monoisotopic (exact) mass is 333 g/mol.